The molecule has 0 fully saturated rings. The number of aromatic hydroxyl groups is 1. The topological polar surface area (TPSA) is 40.5 Å². The van der Waals surface area contributed by atoms with Crippen molar-refractivity contribution in [3.63, 3.8) is 0 Å². The molecule has 0 spiro atoms. The molecule has 0 amide bonds. The van der Waals surface area contributed by atoms with E-state index in [1.165, 1.54) is 0 Å². The summed E-state index contributed by atoms with van der Waals surface area (Å²) in [4.78, 5) is 0. The van der Waals surface area contributed by atoms with Gasteiger partial charge in [0.1, 0.15) is 5.75 Å². The molecule has 54 valence electrons. The zero-order valence-corrected chi connectivity index (χ0v) is 7.37. The first-order valence-electron chi connectivity index (χ1n) is 2.82. The van der Waals surface area contributed by atoms with Crippen LogP contribution in [0.1, 0.15) is 5.56 Å². The highest BCUT2D eigenvalue weighted by atomic mass is 127. The van der Waals surface area contributed by atoms with Crippen LogP contribution in [0.3, 0.4) is 0 Å². The lowest BCUT2D eigenvalue weighted by molar-refractivity contribution is 0.275. The SMILES string of the molecule is OCc1cc(I)ccc1O. The third-order valence-corrected chi connectivity index (χ3v) is 1.88. The normalized spacial score (nSPS) is 9.80. The summed E-state index contributed by atoms with van der Waals surface area (Å²) in [6.45, 7) is -0.108. The van der Waals surface area contributed by atoms with Crippen molar-refractivity contribution in [2.75, 3.05) is 0 Å². The quantitative estimate of drug-likeness (QED) is 0.741. The minimum absolute atomic E-state index is 0.108. The second-order valence-corrected chi connectivity index (χ2v) is 3.18. The molecule has 0 saturated carbocycles. The van der Waals surface area contributed by atoms with Crippen molar-refractivity contribution in [1.82, 2.24) is 0 Å². The molecule has 10 heavy (non-hydrogen) atoms. The molecule has 0 aromatic heterocycles. The van der Waals surface area contributed by atoms with Gasteiger partial charge in [-0.25, -0.2) is 0 Å². The maximum absolute atomic E-state index is 9.07. The fourth-order valence-electron chi connectivity index (χ4n) is 0.681. The third kappa shape index (κ3) is 1.60. The van der Waals surface area contributed by atoms with Crippen LogP contribution in [0.15, 0.2) is 18.2 Å². The zero-order valence-electron chi connectivity index (χ0n) is 5.21. The monoisotopic (exact) mass is 250 g/mol. The summed E-state index contributed by atoms with van der Waals surface area (Å²) < 4.78 is 1.01. The summed E-state index contributed by atoms with van der Waals surface area (Å²) in [5.41, 5.74) is 0.576. The Morgan fingerprint density at radius 2 is 2.10 bits per heavy atom. The van der Waals surface area contributed by atoms with Gasteiger partial charge in [-0.3, -0.25) is 0 Å². The molecule has 0 aliphatic heterocycles. The van der Waals surface area contributed by atoms with Gasteiger partial charge in [0.25, 0.3) is 0 Å². The van der Waals surface area contributed by atoms with Crippen LogP contribution in [0, 0.1) is 3.57 Å². The largest absolute Gasteiger partial charge is 0.508 e. The number of aliphatic hydroxyl groups is 1. The maximum atomic E-state index is 9.07. The summed E-state index contributed by atoms with van der Waals surface area (Å²) in [5, 5.41) is 17.8. The van der Waals surface area contributed by atoms with E-state index in [9.17, 15) is 0 Å². The van der Waals surface area contributed by atoms with Crippen LogP contribution in [-0.2, 0) is 6.61 Å². The van der Waals surface area contributed by atoms with Gasteiger partial charge in [0.05, 0.1) is 6.61 Å². The van der Waals surface area contributed by atoms with Crippen molar-refractivity contribution in [2.24, 2.45) is 0 Å². The first-order chi connectivity index (χ1) is 4.74. The van der Waals surface area contributed by atoms with E-state index in [2.05, 4.69) is 22.6 Å². The lowest BCUT2D eigenvalue weighted by atomic mass is 10.2. The minimum Gasteiger partial charge on any atom is -0.508 e. The van der Waals surface area contributed by atoms with Crippen molar-refractivity contribution in [3.05, 3.63) is 27.3 Å². The van der Waals surface area contributed by atoms with Gasteiger partial charge in [0.2, 0.25) is 0 Å². The van der Waals surface area contributed by atoms with Gasteiger partial charge in [-0.05, 0) is 40.8 Å². The van der Waals surface area contributed by atoms with Crippen LogP contribution >= 0.6 is 22.6 Å². The van der Waals surface area contributed by atoms with E-state index in [4.69, 9.17) is 10.2 Å². The van der Waals surface area contributed by atoms with Crippen molar-refractivity contribution in [2.45, 2.75) is 6.61 Å². The Kier molecular flexibility index (Phi) is 2.50. The fraction of sp³-hybridized carbons (Fsp3) is 0.143. The Hall–Kier alpha value is -0.290. The molecule has 0 atom stereocenters. The van der Waals surface area contributed by atoms with Crippen molar-refractivity contribution < 1.29 is 10.2 Å². The van der Waals surface area contributed by atoms with E-state index in [0.29, 0.717) is 5.56 Å². The molecule has 1 aromatic carbocycles. The van der Waals surface area contributed by atoms with Gasteiger partial charge >= 0.3 is 0 Å². The average molecular weight is 250 g/mol. The molecule has 1 aromatic rings. The van der Waals surface area contributed by atoms with E-state index in [0.717, 1.165) is 3.57 Å². The lowest BCUT2D eigenvalue weighted by Gasteiger charge is -1.99. The third-order valence-electron chi connectivity index (χ3n) is 1.21. The van der Waals surface area contributed by atoms with Gasteiger partial charge in [-0.2, -0.15) is 0 Å². The van der Waals surface area contributed by atoms with Crippen LogP contribution in [0.4, 0.5) is 0 Å². The number of benzene rings is 1. The molecule has 2 nitrogen and oxygen atoms in total. The van der Waals surface area contributed by atoms with E-state index >= 15 is 0 Å². The van der Waals surface area contributed by atoms with Crippen LogP contribution in [0.2, 0.25) is 0 Å². The highest BCUT2D eigenvalue weighted by Gasteiger charge is 1.97. The fourth-order valence-corrected chi connectivity index (χ4v) is 1.24. The molecule has 2 N–H and O–H groups in total. The molecule has 0 saturated heterocycles. The Morgan fingerprint density at radius 3 is 2.60 bits per heavy atom. The number of halogens is 1. The molecule has 0 bridgehead atoms. The molecule has 0 unspecified atom stereocenters. The molecule has 0 heterocycles. The second kappa shape index (κ2) is 3.21. The number of hydrogen-bond acceptors (Lipinski definition) is 2. The van der Waals surface area contributed by atoms with Crippen LogP contribution < -0.4 is 0 Å². The van der Waals surface area contributed by atoms with E-state index in [-0.39, 0.29) is 12.4 Å². The highest BCUT2D eigenvalue weighted by molar-refractivity contribution is 14.1. The van der Waals surface area contributed by atoms with E-state index in [1.54, 1.807) is 18.2 Å². The van der Waals surface area contributed by atoms with E-state index < -0.39 is 0 Å². The standard InChI is InChI=1S/C7H7IO2/c8-6-1-2-7(10)5(3-6)4-9/h1-3,9-10H,4H2. The minimum atomic E-state index is -0.108. The first kappa shape index (κ1) is 7.81. The predicted molar refractivity (Wildman–Crippen MR) is 46.7 cm³/mol. The van der Waals surface area contributed by atoms with Crippen molar-refractivity contribution in [3.8, 4) is 5.75 Å². The summed E-state index contributed by atoms with van der Waals surface area (Å²) in [5.74, 6) is 0.155. The first-order valence-corrected chi connectivity index (χ1v) is 3.90. The molecule has 0 aliphatic rings. The molecule has 0 radical (unpaired) electrons. The lowest BCUT2D eigenvalue weighted by Crippen LogP contribution is -1.84. The maximum Gasteiger partial charge on any atom is 0.121 e. The Morgan fingerprint density at radius 1 is 1.40 bits per heavy atom. The van der Waals surface area contributed by atoms with E-state index in [1.807, 2.05) is 0 Å². The van der Waals surface area contributed by atoms with Gasteiger partial charge in [0, 0.05) is 9.13 Å². The van der Waals surface area contributed by atoms with Gasteiger partial charge in [0.15, 0.2) is 0 Å². The van der Waals surface area contributed by atoms with Gasteiger partial charge in [-0.15, -0.1) is 0 Å². The average Bonchev–Trinajstić information content (AvgIpc) is 1.94. The molecule has 0 aliphatic carbocycles. The Bertz CT molecular complexity index is 235. The number of rotatable bonds is 1. The van der Waals surface area contributed by atoms with Gasteiger partial charge < -0.3 is 10.2 Å². The molecular weight excluding hydrogens is 243 g/mol. The molecule has 3 heteroatoms. The number of aliphatic hydroxyl groups excluding tert-OH is 1. The summed E-state index contributed by atoms with van der Waals surface area (Å²) >= 11 is 2.12. The van der Waals surface area contributed by atoms with Crippen LogP contribution in [0.25, 0.3) is 0 Å². The smallest absolute Gasteiger partial charge is 0.121 e. The summed E-state index contributed by atoms with van der Waals surface area (Å²) in [6, 6.07) is 5.11. The van der Waals surface area contributed by atoms with Crippen molar-refractivity contribution >= 4 is 22.6 Å². The second-order valence-electron chi connectivity index (χ2n) is 1.93. The highest BCUT2D eigenvalue weighted by Crippen LogP contribution is 2.18. The summed E-state index contributed by atoms with van der Waals surface area (Å²) in [6.07, 6.45) is 0. The predicted octanol–water partition coefficient (Wildman–Crippen LogP) is 1.49. The van der Waals surface area contributed by atoms with Crippen LogP contribution in [-0.4, -0.2) is 10.2 Å². The summed E-state index contributed by atoms with van der Waals surface area (Å²) in [7, 11) is 0. The van der Waals surface area contributed by atoms with Crippen molar-refractivity contribution in [1.29, 1.82) is 0 Å². The zero-order chi connectivity index (χ0) is 7.56. The van der Waals surface area contributed by atoms with Gasteiger partial charge in [-0.1, -0.05) is 0 Å². The number of hydrogen-bond donors (Lipinski definition) is 2. The molecular formula is C7H7IO2. The van der Waals surface area contributed by atoms with Crippen LogP contribution in [0.5, 0.6) is 5.75 Å². The Labute approximate surface area is 72.6 Å². The number of phenols is 1. The Balaban J connectivity index is 3.09. The molecule has 1 rings (SSSR count).